The number of aliphatic hydroxyl groups is 1. The van der Waals surface area contributed by atoms with Crippen LogP contribution in [0.3, 0.4) is 0 Å². The lowest BCUT2D eigenvalue weighted by molar-refractivity contribution is -0.143. The molecule has 22 heavy (non-hydrogen) atoms. The number of carboxylic acids is 1. The highest BCUT2D eigenvalue weighted by Crippen LogP contribution is 2.31. The number of halogens is 3. The summed E-state index contributed by atoms with van der Waals surface area (Å²) in [6.07, 6.45) is -4.48. The fourth-order valence-electron chi connectivity index (χ4n) is 2.63. The van der Waals surface area contributed by atoms with Gasteiger partial charge in [-0.15, -0.1) is 0 Å². The highest BCUT2D eigenvalue weighted by molar-refractivity contribution is 5.70. The summed E-state index contributed by atoms with van der Waals surface area (Å²) in [5.74, 6) is -1.19. The Morgan fingerprint density at radius 1 is 1.32 bits per heavy atom. The molecule has 1 saturated heterocycles. The molecule has 2 rings (SSSR count). The number of likely N-dealkylation sites (tertiary alicyclic amines) is 1. The average Bonchev–Trinajstić information content (AvgIpc) is 2.47. The standard InChI is InChI=1S/C15H18F3NO3/c16-15(17,18)12-3-1-2-11(8-12)13(20)9-19-6-4-10(5-7-19)14(21)22/h1-3,8,10,13,20H,4-7,9H2,(H,21,22). The first-order valence-corrected chi connectivity index (χ1v) is 7.08. The summed E-state index contributed by atoms with van der Waals surface area (Å²) in [5.41, 5.74) is -0.566. The summed E-state index contributed by atoms with van der Waals surface area (Å²) in [6, 6.07) is 4.66. The maximum atomic E-state index is 12.7. The summed E-state index contributed by atoms with van der Waals surface area (Å²) in [7, 11) is 0. The molecule has 1 heterocycles. The molecule has 1 aliphatic heterocycles. The number of carbonyl (C=O) groups is 1. The lowest BCUT2D eigenvalue weighted by Crippen LogP contribution is -2.38. The van der Waals surface area contributed by atoms with Gasteiger partial charge >= 0.3 is 12.1 Å². The first-order valence-electron chi connectivity index (χ1n) is 7.08. The lowest BCUT2D eigenvalue weighted by atomic mass is 9.96. The minimum Gasteiger partial charge on any atom is -0.481 e. The van der Waals surface area contributed by atoms with E-state index in [1.54, 1.807) is 0 Å². The minimum atomic E-state index is -4.43. The zero-order valence-electron chi connectivity index (χ0n) is 11.9. The van der Waals surface area contributed by atoms with Crippen LogP contribution in [0.25, 0.3) is 0 Å². The summed E-state index contributed by atoms with van der Waals surface area (Å²) in [4.78, 5) is 12.7. The number of rotatable bonds is 4. The van der Waals surface area contributed by atoms with Gasteiger partial charge in [0, 0.05) is 6.54 Å². The predicted octanol–water partition coefficient (Wildman–Crippen LogP) is 2.54. The summed E-state index contributed by atoms with van der Waals surface area (Å²) >= 11 is 0. The van der Waals surface area contributed by atoms with Crippen molar-refractivity contribution in [2.75, 3.05) is 19.6 Å². The fraction of sp³-hybridized carbons (Fsp3) is 0.533. The number of hydrogen-bond donors (Lipinski definition) is 2. The minimum absolute atomic E-state index is 0.202. The van der Waals surface area contributed by atoms with Crippen LogP contribution in [0.15, 0.2) is 24.3 Å². The molecule has 0 amide bonds. The lowest BCUT2D eigenvalue weighted by Gasteiger charge is -2.31. The molecular formula is C15H18F3NO3. The van der Waals surface area contributed by atoms with Crippen LogP contribution >= 0.6 is 0 Å². The van der Waals surface area contributed by atoms with Crippen LogP contribution in [0.5, 0.6) is 0 Å². The molecule has 122 valence electrons. The number of nitrogens with zero attached hydrogens (tertiary/aromatic N) is 1. The number of aliphatic carboxylic acids is 1. The second-order valence-corrected chi connectivity index (χ2v) is 5.55. The number of aliphatic hydroxyl groups excluding tert-OH is 1. The summed E-state index contributed by atoms with van der Waals surface area (Å²) in [6.45, 7) is 1.24. The topological polar surface area (TPSA) is 60.8 Å². The Hall–Kier alpha value is -1.60. The quantitative estimate of drug-likeness (QED) is 0.896. The number of benzene rings is 1. The van der Waals surface area contributed by atoms with Gasteiger partial charge in [-0.2, -0.15) is 13.2 Å². The first-order chi connectivity index (χ1) is 10.3. The van der Waals surface area contributed by atoms with E-state index < -0.39 is 23.8 Å². The van der Waals surface area contributed by atoms with Crippen LogP contribution in [0.1, 0.15) is 30.1 Å². The molecule has 0 aliphatic carbocycles. The van der Waals surface area contributed by atoms with Gasteiger partial charge in [-0.25, -0.2) is 0 Å². The van der Waals surface area contributed by atoms with Crippen molar-refractivity contribution in [3.8, 4) is 0 Å². The second-order valence-electron chi connectivity index (χ2n) is 5.55. The summed E-state index contributed by atoms with van der Waals surface area (Å²) < 4.78 is 38.0. The van der Waals surface area contributed by atoms with Crippen molar-refractivity contribution in [1.29, 1.82) is 0 Å². The van der Waals surface area contributed by atoms with E-state index in [9.17, 15) is 23.1 Å². The Balaban J connectivity index is 1.96. The number of β-amino-alcohol motifs (C(OH)–C–C–N with tert-alkyl or cyclic N) is 1. The number of piperidine rings is 1. The third-order valence-corrected chi connectivity index (χ3v) is 3.97. The Morgan fingerprint density at radius 3 is 2.50 bits per heavy atom. The molecule has 2 N–H and O–H groups in total. The molecule has 1 aromatic rings. The van der Waals surface area contributed by atoms with Crippen LogP contribution in [0, 0.1) is 5.92 Å². The van der Waals surface area contributed by atoms with Gasteiger partial charge in [0.25, 0.3) is 0 Å². The zero-order valence-corrected chi connectivity index (χ0v) is 11.9. The van der Waals surface area contributed by atoms with Crippen LogP contribution in [-0.4, -0.2) is 40.7 Å². The molecule has 1 aliphatic rings. The maximum Gasteiger partial charge on any atom is 0.416 e. The van der Waals surface area contributed by atoms with Crippen molar-refractivity contribution in [2.45, 2.75) is 25.1 Å². The van der Waals surface area contributed by atoms with Crippen LogP contribution in [0.2, 0.25) is 0 Å². The zero-order chi connectivity index (χ0) is 16.3. The molecule has 4 nitrogen and oxygen atoms in total. The molecule has 1 aromatic carbocycles. The van der Waals surface area contributed by atoms with Crippen molar-refractivity contribution >= 4 is 5.97 Å². The van der Waals surface area contributed by atoms with Crippen LogP contribution in [-0.2, 0) is 11.0 Å². The SMILES string of the molecule is O=C(O)C1CCN(CC(O)c2cccc(C(F)(F)F)c2)CC1. The first kappa shape index (κ1) is 16.8. The third kappa shape index (κ3) is 4.20. The van der Waals surface area contributed by atoms with E-state index in [0.29, 0.717) is 25.9 Å². The number of carboxylic acid groups (broad SMARTS) is 1. The van der Waals surface area contributed by atoms with Crippen LogP contribution in [0.4, 0.5) is 13.2 Å². The fourth-order valence-corrected chi connectivity index (χ4v) is 2.63. The van der Waals surface area contributed by atoms with Gasteiger partial charge in [0.15, 0.2) is 0 Å². The molecule has 0 radical (unpaired) electrons. The molecule has 0 spiro atoms. The van der Waals surface area contributed by atoms with Gasteiger partial charge in [0.05, 0.1) is 17.6 Å². The van der Waals surface area contributed by atoms with Gasteiger partial charge in [-0.1, -0.05) is 12.1 Å². The van der Waals surface area contributed by atoms with Crippen molar-refractivity contribution in [3.05, 3.63) is 35.4 Å². The molecule has 0 saturated carbocycles. The van der Waals surface area contributed by atoms with Crippen molar-refractivity contribution < 1.29 is 28.2 Å². The molecular weight excluding hydrogens is 299 g/mol. The molecule has 0 aromatic heterocycles. The van der Waals surface area contributed by atoms with E-state index >= 15 is 0 Å². The molecule has 0 bridgehead atoms. The van der Waals surface area contributed by atoms with Crippen LogP contribution < -0.4 is 0 Å². The van der Waals surface area contributed by atoms with Crippen molar-refractivity contribution in [1.82, 2.24) is 4.90 Å². The van der Waals surface area contributed by atoms with E-state index in [1.165, 1.54) is 12.1 Å². The van der Waals surface area contributed by atoms with Gasteiger partial charge in [0.1, 0.15) is 0 Å². The Kier molecular flexibility index (Phi) is 5.08. The molecule has 1 unspecified atom stereocenters. The van der Waals surface area contributed by atoms with Gasteiger partial charge in [-0.3, -0.25) is 4.79 Å². The Morgan fingerprint density at radius 2 is 1.95 bits per heavy atom. The molecule has 7 heteroatoms. The average molecular weight is 317 g/mol. The Bertz CT molecular complexity index is 525. The van der Waals surface area contributed by atoms with E-state index in [4.69, 9.17) is 5.11 Å². The monoisotopic (exact) mass is 317 g/mol. The van der Waals surface area contributed by atoms with E-state index in [1.807, 2.05) is 4.90 Å². The van der Waals surface area contributed by atoms with Crippen molar-refractivity contribution in [3.63, 3.8) is 0 Å². The molecule has 1 fully saturated rings. The van der Waals surface area contributed by atoms with E-state index in [2.05, 4.69) is 0 Å². The smallest absolute Gasteiger partial charge is 0.416 e. The van der Waals surface area contributed by atoms with Gasteiger partial charge < -0.3 is 15.1 Å². The van der Waals surface area contributed by atoms with Crippen molar-refractivity contribution in [2.24, 2.45) is 5.92 Å². The maximum absolute atomic E-state index is 12.7. The van der Waals surface area contributed by atoms with E-state index in [-0.39, 0.29) is 18.0 Å². The van der Waals surface area contributed by atoms with E-state index in [0.717, 1.165) is 12.1 Å². The second kappa shape index (κ2) is 6.66. The molecule has 1 atom stereocenters. The van der Waals surface area contributed by atoms with Gasteiger partial charge in [-0.05, 0) is 43.6 Å². The normalized spacial score (nSPS) is 19.1. The van der Waals surface area contributed by atoms with Gasteiger partial charge in [0.2, 0.25) is 0 Å². The predicted molar refractivity (Wildman–Crippen MR) is 73.2 cm³/mol. The third-order valence-electron chi connectivity index (χ3n) is 3.97. The highest BCUT2D eigenvalue weighted by Gasteiger charge is 2.31. The number of hydrogen-bond acceptors (Lipinski definition) is 3. The largest absolute Gasteiger partial charge is 0.481 e. The Labute approximate surface area is 126 Å². The number of alkyl halides is 3. The highest BCUT2D eigenvalue weighted by atomic mass is 19.4. The summed E-state index contributed by atoms with van der Waals surface area (Å²) in [5, 5.41) is 19.0.